The summed E-state index contributed by atoms with van der Waals surface area (Å²) < 4.78 is 4.84. The molecule has 1 aliphatic heterocycles. The number of carbonyl (C=O) groups is 4. The molecule has 0 aromatic heterocycles. The summed E-state index contributed by atoms with van der Waals surface area (Å²) in [6.07, 6.45) is 2.61. The first-order valence-corrected chi connectivity index (χ1v) is 7.51. The van der Waals surface area contributed by atoms with Gasteiger partial charge in [0, 0.05) is 25.8 Å². The fourth-order valence-corrected chi connectivity index (χ4v) is 1.81. The predicted octanol–water partition coefficient (Wildman–Crippen LogP) is 1.29. The molecule has 3 amide bonds. The smallest absolute Gasteiger partial charge is 0.407 e. The highest BCUT2D eigenvalue weighted by molar-refractivity contribution is 6.01. The minimum atomic E-state index is -0.598. The number of nitrogens with one attached hydrogen (secondary N) is 1. The van der Waals surface area contributed by atoms with Gasteiger partial charge >= 0.3 is 12.1 Å². The van der Waals surface area contributed by atoms with Gasteiger partial charge in [-0.15, -0.1) is 5.06 Å². The number of nitrogens with zero attached hydrogens (tertiary/aromatic N) is 1. The lowest BCUT2D eigenvalue weighted by Crippen LogP contribution is -2.32. The second-order valence-electron chi connectivity index (χ2n) is 4.92. The van der Waals surface area contributed by atoms with Crippen molar-refractivity contribution in [3.05, 3.63) is 0 Å². The Morgan fingerprint density at radius 3 is 2.45 bits per heavy atom. The molecule has 8 nitrogen and oxygen atoms in total. The summed E-state index contributed by atoms with van der Waals surface area (Å²) in [4.78, 5) is 49.8. The van der Waals surface area contributed by atoms with Gasteiger partial charge in [-0.3, -0.25) is 9.59 Å². The van der Waals surface area contributed by atoms with Gasteiger partial charge in [-0.05, 0) is 19.3 Å². The first-order chi connectivity index (χ1) is 10.5. The maximum absolute atomic E-state index is 11.5. The second-order valence-corrected chi connectivity index (χ2v) is 4.92. The Kier molecular flexibility index (Phi) is 7.95. The molecule has 1 fully saturated rings. The van der Waals surface area contributed by atoms with Crippen LogP contribution in [0, 0.1) is 0 Å². The lowest BCUT2D eigenvalue weighted by molar-refractivity contribution is -0.197. The van der Waals surface area contributed by atoms with Crippen molar-refractivity contribution in [2.45, 2.75) is 51.9 Å². The minimum Gasteiger partial charge on any atom is -0.450 e. The van der Waals surface area contributed by atoms with E-state index in [4.69, 9.17) is 9.57 Å². The van der Waals surface area contributed by atoms with Crippen LogP contribution < -0.4 is 5.32 Å². The molecule has 0 radical (unpaired) electrons. The van der Waals surface area contributed by atoms with Crippen LogP contribution in [0.3, 0.4) is 0 Å². The third-order valence-electron chi connectivity index (χ3n) is 2.96. The number of rotatable bonds is 9. The monoisotopic (exact) mass is 314 g/mol. The first-order valence-electron chi connectivity index (χ1n) is 7.51. The summed E-state index contributed by atoms with van der Waals surface area (Å²) in [5.41, 5.74) is 0. The fraction of sp³-hybridized carbons (Fsp3) is 0.714. The molecular formula is C14H22N2O6. The van der Waals surface area contributed by atoms with Gasteiger partial charge in [-0.2, -0.15) is 0 Å². The topological polar surface area (TPSA) is 102 Å². The average Bonchev–Trinajstić information content (AvgIpc) is 2.80. The van der Waals surface area contributed by atoms with Gasteiger partial charge in [-0.25, -0.2) is 9.59 Å². The maximum atomic E-state index is 11.5. The molecule has 1 N–H and O–H groups in total. The van der Waals surface area contributed by atoms with Crippen molar-refractivity contribution in [3.63, 3.8) is 0 Å². The van der Waals surface area contributed by atoms with Crippen molar-refractivity contribution in [1.82, 2.24) is 10.4 Å². The zero-order chi connectivity index (χ0) is 16.4. The number of hydrogen-bond donors (Lipinski definition) is 1. The summed E-state index contributed by atoms with van der Waals surface area (Å²) in [6.45, 7) is 2.78. The molecule has 1 saturated heterocycles. The molecule has 1 heterocycles. The van der Waals surface area contributed by atoms with E-state index in [1.54, 1.807) is 0 Å². The van der Waals surface area contributed by atoms with Gasteiger partial charge in [0.2, 0.25) is 0 Å². The van der Waals surface area contributed by atoms with E-state index >= 15 is 0 Å². The van der Waals surface area contributed by atoms with E-state index in [0.29, 0.717) is 37.5 Å². The van der Waals surface area contributed by atoms with E-state index in [1.807, 2.05) is 6.92 Å². The zero-order valence-electron chi connectivity index (χ0n) is 12.8. The zero-order valence-corrected chi connectivity index (χ0v) is 12.8. The van der Waals surface area contributed by atoms with Crippen LogP contribution in [0.1, 0.15) is 51.9 Å². The Bertz CT molecular complexity index is 408. The highest BCUT2D eigenvalue weighted by Gasteiger charge is 2.32. The highest BCUT2D eigenvalue weighted by atomic mass is 16.7. The van der Waals surface area contributed by atoms with Crippen LogP contribution in [0.5, 0.6) is 0 Å². The SMILES string of the molecule is CCCOC(=O)NCCCCCC(=O)ON1C(=O)CCC1=O. The molecular weight excluding hydrogens is 292 g/mol. The first kappa shape index (κ1) is 17.9. The molecule has 1 aliphatic rings. The van der Waals surface area contributed by atoms with E-state index in [2.05, 4.69) is 5.32 Å². The summed E-state index contributed by atoms with van der Waals surface area (Å²) in [5.74, 6) is -1.56. The fourth-order valence-electron chi connectivity index (χ4n) is 1.81. The van der Waals surface area contributed by atoms with Crippen molar-refractivity contribution in [2.75, 3.05) is 13.2 Å². The molecule has 0 aromatic carbocycles. The third-order valence-corrected chi connectivity index (χ3v) is 2.96. The largest absolute Gasteiger partial charge is 0.450 e. The average molecular weight is 314 g/mol. The van der Waals surface area contributed by atoms with Gasteiger partial charge in [-0.1, -0.05) is 13.3 Å². The van der Waals surface area contributed by atoms with Crippen LogP contribution in [-0.4, -0.2) is 42.1 Å². The quantitative estimate of drug-likeness (QED) is 0.508. The number of amides is 3. The Morgan fingerprint density at radius 2 is 1.82 bits per heavy atom. The number of hydrogen-bond acceptors (Lipinski definition) is 6. The summed E-state index contributed by atoms with van der Waals surface area (Å²) in [7, 11) is 0. The number of unbranched alkanes of at least 4 members (excludes halogenated alkanes) is 2. The van der Waals surface area contributed by atoms with E-state index in [0.717, 1.165) is 6.42 Å². The molecule has 0 aromatic rings. The van der Waals surface area contributed by atoms with Crippen LogP contribution in [0.2, 0.25) is 0 Å². The van der Waals surface area contributed by atoms with E-state index in [9.17, 15) is 19.2 Å². The van der Waals surface area contributed by atoms with Gasteiger partial charge in [0.05, 0.1) is 6.61 Å². The van der Waals surface area contributed by atoms with E-state index < -0.39 is 23.9 Å². The number of alkyl carbamates (subject to hydrolysis) is 1. The van der Waals surface area contributed by atoms with Crippen LogP contribution in [-0.2, 0) is 24.0 Å². The second kappa shape index (κ2) is 9.75. The lowest BCUT2D eigenvalue weighted by atomic mass is 10.2. The maximum Gasteiger partial charge on any atom is 0.407 e. The summed E-state index contributed by atoms with van der Waals surface area (Å²) in [6, 6.07) is 0. The molecule has 0 spiro atoms. The van der Waals surface area contributed by atoms with E-state index in [-0.39, 0.29) is 19.3 Å². The van der Waals surface area contributed by atoms with Gasteiger partial charge < -0.3 is 14.9 Å². The van der Waals surface area contributed by atoms with Gasteiger partial charge in [0.15, 0.2) is 0 Å². The molecule has 0 bridgehead atoms. The van der Waals surface area contributed by atoms with Crippen LogP contribution in [0.15, 0.2) is 0 Å². The third kappa shape index (κ3) is 6.55. The molecule has 0 saturated carbocycles. The van der Waals surface area contributed by atoms with E-state index in [1.165, 1.54) is 0 Å². The standard InChI is InChI=1S/C14H22N2O6/c1-2-10-21-14(20)15-9-5-3-4-6-13(19)22-16-11(17)7-8-12(16)18/h2-10H2,1H3,(H,15,20). The molecule has 0 atom stereocenters. The Hall–Kier alpha value is -2.12. The van der Waals surface area contributed by atoms with Gasteiger partial charge in [0.25, 0.3) is 11.8 Å². The number of ether oxygens (including phenoxy) is 1. The number of hydroxylamine groups is 2. The minimum absolute atomic E-state index is 0.0892. The Labute approximate surface area is 129 Å². The predicted molar refractivity (Wildman–Crippen MR) is 75.3 cm³/mol. The molecule has 1 rings (SSSR count). The molecule has 8 heteroatoms. The number of carbonyl (C=O) groups excluding carboxylic acids is 4. The van der Waals surface area contributed by atoms with Crippen molar-refractivity contribution in [3.8, 4) is 0 Å². The van der Waals surface area contributed by atoms with Crippen molar-refractivity contribution in [2.24, 2.45) is 0 Å². The molecule has 22 heavy (non-hydrogen) atoms. The van der Waals surface area contributed by atoms with Crippen LogP contribution in [0.25, 0.3) is 0 Å². The molecule has 0 aliphatic carbocycles. The normalized spacial score (nSPS) is 14.1. The summed E-state index contributed by atoms with van der Waals surface area (Å²) in [5, 5.41) is 3.15. The molecule has 124 valence electrons. The summed E-state index contributed by atoms with van der Waals surface area (Å²) >= 11 is 0. The Morgan fingerprint density at radius 1 is 1.14 bits per heavy atom. The van der Waals surface area contributed by atoms with Crippen molar-refractivity contribution < 1.29 is 28.8 Å². The Balaban J connectivity index is 2.02. The highest BCUT2D eigenvalue weighted by Crippen LogP contribution is 2.13. The number of imide groups is 1. The van der Waals surface area contributed by atoms with Crippen LogP contribution >= 0.6 is 0 Å². The lowest BCUT2D eigenvalue weighted by Gasteiger charge is -2.12. The van der Waals surface area contributed by atoms with Crippen molar-refractivity contribution in [1.29, 1.82) is 0 Å². The van der Waals surface area contributed by atoms with Crippen LogP contribution in [0.4, 0.5) is 4.79 Å². The van der Waals surface area contributed by atoms with Crippen molar-refractivity contribution >= 4 is 23.9 Å². The van der Waals surface area contributed by atoms with Gasteiger partial charge in [0.1, 0.15) is 0 Å². The molecule has 0 unspecified atom stereocenters.